The zero-order valence-electron chi connectivity index (χ0n) is 11.1. The largest absolute Gasteiger partial charge is 0.444 e. The van der Waals surface area contributed by atoms with Crippen LogP contribution in [0.4, 0.5) is 4.79 Å². The number of carbonyl (C=O) groups excluding carboxylic acids is 1. The van der Waals surface area contributed by atoms with Gasteiger partial charge in [-0.25, -0.2) is 4.79 Å². The van der Waals surface area contributed by atoms with E-state index in [4.69, 9.17) is 10.5 Å². The Hall–Kier alpha value is -0.810. The van der Waals surface area contributed by atoms with Gasteiger partial charge < -0.3 is 20.5 Å². The minimum atomic E-state index is -0.665. The molecule has 1 aliphatic carbocycles. The summed E-state index contributed by atoms with van der Waals surface area (Å²) >= 11 is 0. The zero-order valence-corrected chi connectivity index (χ0v) is 11.1. The summed E-state index contributed by atoms with van der Waals surface area (Å²) in [6.45, 7) is 5.46. The topological polar surface area (TPSA) is 75.8 Å². The van der Waals surface area contributed by atoms with Crippen LogP contribution in [0, 0.1) is 0 Å². The summed E-state index contributed by atoms with van der Waals surface area (Å²) in [6.07, 6.45) is 1.43. The molecule has 0 aromatic heterocycles. The number of ether oxygens (including phenoxy) is 1. The predicted molar refractivity (Wildman–Crippen MR) is 65.6 cm³/mol. The van der Waals surface area contributed by atoms with Crippen molar-refractivity contribution in [3.63, 3.8) is 0 Å². The first-order valence-corrected chi connectivity index (χ1v) is 6.12. The molecule has 0 radical (unpaired) electrons. The molecule has 100 valence electrons. The summed E-state index contributed by atoms with van der Waals surface area (Å²) in [5.41, 5.74) is 5.28. The Bertz CT molecular complexity index is 275. The summed E-state index contributed by atoms with van der Waals surface area (Å²) in [5, 5.41) is 9.98. The van der Waals surface area contributed by atoms with Gasteiger partial charge in [0.25, 0.3) is 0 Å². The number of aliphatic hydroxyl groups excluding tert-OH is 1. The first kappa shape index (κ1) is 14.3. The van der Waals surface area contributed by atoms with E-state index in [0.29, 0.717) is 0 Å². The lowest BCUT2D eigenvalue weighted by Crippen LogP contribution is -2.55. The fourth-order valence-corrected chi connectivity index (χ4v) is 2.08. The van der Waals surface area contributed by atoms with E-state index in [0.717, 1.165) is 19.3 Å². The Kier molecular flexibility index (Phi) is 4.38. The van der Waals surface area contributed by atoms with Crippen LogP contribution in [0.15, 0.2) is 0 Å². The first-order valence-electron chi connectivity index (χ1n) is 6.12. The lowest BCUT2D eigenvalue weighted by Gasteiger charge is -2.38. The lowest BCUT2D eigenvalue weighted by molar-refractivity contribution is -0.0139. The molecule has 1 amide bonds. The Labute approximate surface area is 103 Å². The van der Waals surface area contributed by atoms with Crippen LogP contribution >= 0.6 is 0 Å². The van der Waals surface area contributed by atoms with Gasteiger partial charge in [-0.1, -0.05) is 0 Å². The summed E-state index contributed by atoms with van der Waals surface area (Å²) in [5.74, 6) is 0. The highest BCUT2D eigenvalue weighted by atomic mass is 16.6. The maximum absolute atomic E-state index is 11.9. The smallest absolute Gasteiger partial charge is 0.410 e. The third kappa shape index (κ3) is 3.85. The summed E-state index contributed by atoms with van der Waals surface area (Å²) in [7, 11) is 1.65. The highest BCUT2D eigenvalue weighted by molar-refractivity contribution is 5.68. The van der Waals surface area contributed by atoms with Gasteiger partial charge in [-0.3, -0.25) is 0 Å². The average molecular weight is 244 g/mol. The highest BCUT2D eigenvalue weighted by Crippen LogP contribution is 2.23. The third-order valence-electron chi connectivity index (χ3n) is 3.05. The van der Waals surface area contributed by atoms with Gasteiger partial charge in [-0.05, 0) is 40.0 Å². The van der Waals surface area contributed by atoms with Crippen LogP contribution in [-0.2, 0) is 4.74 Å². The van der Waals surface area contributed by atoms with Crippen molar-refractivity contribution in [2.75, 3.05) is 7.05 Å². The number of carbonyl (C=O) groups is 1. The number of amides is 1. The minimum absolute atomic E-state index is 0.242. The molecule has 0 aliphatic heterocycles. The zero-order chi connectivity index (χ0) is 13.2. The normalized spacial score (nSPS) is 29.9. The van der Waals surface area contributed by atoms with Crippen LogP contribution < -0.4 is 5.73 Å². The van der Waals surface area contributed by atoms with Crippen molar-refractivity contribution in [1.82, 2.24) is 4.90 Å². The molecule has 3 atom stereocenters. The molecule has 1 rings (SSSR count). The van der Waals surface area contributed by atoms with Gasteiger partial charge in [0, 0.05) is 13.1 Å². The van der Waals surface area contributed by atoms with Gasteiger partial charge in [0.1, 0.15) is 5.60 Å². The van der Waals surface area contributed by atoms with Crippen molar-refractivity contribution in [1.29, 1.82) is 0 Å². The van der Waals surface area contributed by atoms with Gasteiger partial charge in [0.05, 0.1) is 12.1 Å². The molecule has 0 saturated heterocycles. The second-order valence-corrected chi connectivity index (χ2v) is 5.74. The SMILES string of the molecule is CN(C(=O)OC(C)(C)C)[C@H]1CCC[C@H](N)[C@@H]1O. The third-order valence-corrected chi connectivity index (χ3v) is 3.05. The number of nitrogens with zero attached hydrogens (tertiary/aromatic N) is 1. The molecule has 5 nitrogen and oxygen atoms in total. The van der Waals surface area contributed by atoms with E-state index < -0.39 is 17.8 Å². The number of hydrogen-bond donors (Lipinski definition) is 2. The monoisotopic (exact) mass is 244 g/mol. The second kappa shape index (κ2) is 5.23. The second-order valence-electron chi connectivity index (χ2n) is 5.74. The van der Waals surface area contributed by atoms with Crippen molar-refractivity contribution in [3.8, 4) is 0 Å². The van der Waals surface area contributed by atoms with E-state index in [1.807, 2.05) is 20.8 Å². The molecule has 0 unspecified atom stereocenters. The van der Waals surface area contributed by atoms with Crippen molar-refractivity contribution in [3.05, 3.63) is 0 Å². The van der Waals surface area contributed by atoms with E-state index >= 15 is 0 Å². The molecule has 0 heterocycles. The molecule has 17 heavy (non-hydrogen) atoms. The van der Waals surface area contributed by atoms with E-state index in [2.05, 4.69) is 0 Å². The highest BCUT2D eigenvalue weighted by Gasteiger charge is 2.35. The summed E-state index contributed by atoms with van der Waals surface area (Å²) in [4.78, 5) is 13.3. The first-order chi connectivity index (χ1) is 7.72. The van der Waals surface area contributed by atoms with E-state index in [-0.39, 0.29) is 12.1 Å². The standard InChI is InChI=1S/C12H24N2O3/c1-12(2,3)17-11(16)14(4)9-7-5-6-8(13)10(9)15/h8-10,15H,5-7,13H2,1-4H3/t8-,9-,10-/m0/s1. The minimum Gasteiger partial charge on any atom is -0.444 e. The van der Waals surface area contributed by atoms with Crippen molar-refractivity contribution in [2.45, 2.75) is 63.8 Å². The van der Waals surface area contributed by atoms with Crippen molar-refractivity contribution < 1.29 is 14.6 Å². The van der Waals surface area contributed by atoms with E-state index in [9.17, 15) is 9.90 Å². The number of nitrogens with two attached hydrogens (primary N) is 1. The molecule has 1 saturated carbocycles. The maximum atomic E-state index is 11.9. The van der Waals surface area contributed by atoms with Gasteiger partial charge in [-0.2, -0.15) is 0 Å². The molecule has 3 N–H and O–H groups in total. The lowest BCUT2D eigenvalue weighted by atomic mass is 9.88. The Morgan fingerprint density at radius 3 is 2.53 bits per heavy atom. The number of likely N-dealkylation sites (N-methyl/N-ethyl adjacent to an activating group) is 1. The Morgan fingerprint density at radius 1 is 1.41 bits per heavy atom. The van der Waals surface area contributed by atoms with Gasteiger partial charge in [-0.15, -0.1) is 0 Å². The van der Waals surface area contributed by atoms with Crippen LogP contribution in [0.1, 0.15) is 40.0 Å². The van der Waals surface area contributed by atoms with Crippen molar-refractivity contribution in [2.24, 2.45) is 5.73 Å². The van der Waals surface area contributed by atoms with E-state index in [1.165, 1.54) is 4.90 Å². The molecule has 0 bridgehead atoms. The molecular formula is C12H24N2O3. The van der Waals surface area contributed by atoms with Crippen LogP contribution in [0.5, 0.6) is 0 Å². The average Bonchev–Trinajstić information content (AvgIpc) is 2.18. The molecule has 0 aromatic carbocycles. The number of rotatable bonds is 1. The molecule has 0 aromatic rings. The van der Waals surface area contributed by atoms with Gasteiger partial charge in [0.15, 0.2) is 0 Å². The van der Waals surface area contributed by atoms with Gasteiger partial charge in [0.2, 0.25) is 0 Å². The van der Waals surface area contributed by atoms with Crippen LogP contribution in [0.25, 0.3) is 0 Å². The van der Waals surface area contributed by atoms with E-state index in [1.54, 1.807) is 7.05 Å². The predicted octanol–water partition coefficient (Wildman–Crippen LogP) is 1.09. The van der Waals surface area contributed by atoms with Gasteiger partial charge >= 0.3 is 6.09 Å². The van der Waals surface area contributed by atoms with Crippen molar-refractivity contribution >= 4 is 6.09 Å². The number of hydrogen-bond acceptors (Lipinski definition) is 4. The molecular weight excluding hydrogens is 220 g/mol. The molecule has 5 heteroatoms. The van der Waals surface area contributed by atoms with Crippen LogP contribution in [0.3, 0.4) is 0 Å². The van der Waals surface area contributed by atoms with Crippen LogP contribution in [-0.4, -0.2) is 46.9 Å². The Morgan fingerprint density at radius 2 is 2.00 bits per heavy atom. The summed E-state index contributed by atoms with van der Waals surface area (Å²) < 4.78 is 5.27. The molecule has 1 fully saturated rings. The number of aliphatic hydroxyl groups is 1. The fraction of sp³-hybridized carbons (Fsp3) is 0.917. The quantitative estimate of drug-likeness (QED) is 0.724. The van der Waals surface area contributed by atoms with Crippen LogP contribution in [0.2, 0.25) is 0 Å². The maximum Gasteiger partial charge on any atom is 0.410 e. The summed E-state index contributed by atoms with van der Waals surface area (Å²) in [6, 6.07) is -0.493. The Balaban J connectivity index is 2.62. The molecule has 0 spiro atoms. The fourth-order valence-electron chi connectivity index (χ4n) is 2.08. The molecule has 1 aliphatic rings.